The number of hydrogen-bond acceptors (Lipinski definition) is 3. The molecule has 0 aromatic carbocycles. The van der Waals surface area contributed by atoms with Crippen molar-refractivity contribution >= 4 is 17.9 Å². The van der Waals surface area contributed by atoms with Crippen molar-refractivity contribution in [2.75, 3.05) is 19.6 Å². The minimum Gasteiger partial charge on any atom is -0.480 e. The minimum atomic E-state index is -1.05. The van der Waals surface area contributed by atoms with Gasteiger partial charge in [-0.25, -0.2) is 4.79 Å². The van der Waals surface area contributed by atoms with E-state index in [9.17, 15) is 14.4 Å². The van der Waals surface area contributed by atoms with Gasteiger partial charge in [-0.15, -0.1) is 0 Å². The molecule has 0 aliphatic carbocycles. The Bertz CT molecular complexity index is 351. The summed E-state index contributed by atoms with van der Waals surface area (Å²) in [6.07, 6.45) is 1.63. The number of amides is 3. The summed E-state index contributed by atoms with van der Waals surface area (Å²) in [4.78, 5) is 34.8. The zero-order valence-corrected chi connectivity index (χ0v) is 11.3. The van der Waals surface area contributed by atoms with E-state index in [1.807, 2.05) is 0 Å². The monoisotopic (exact) mass is 271 g/mol. The van der Waals surface area contributed by atoms with Crippen LogP contribution in [0.15, 0.2) is 0 Å². The van der Waals surface area contributed by atoms with Gasteiger partial charge in [-0.1, -0.05) is 0 Å². The molecule has 1 heterocycles. The molecule has 7 nitrogen and oxygen atoms in total. The van der Waals surface area contributed by atoms with Crippen molar-refractivity contribution in [3.8, 4) is 0 Å². The number of likely N-dealkylation sites (tertiary alicyclic amines) is 1. The quantitative estimate of drug-likeness (QED) is 0.671. The molecule has 1 fully saturated rings. The average Bonchev–Trinajstić information content (AvgIpc) is 2.36. The Balaban J connectivity index is 2.31. The molecule has 0 aromatic heterocycles. The summed E-state index contributed by atoms with van der Waals surface area (Å²) in [5.41, 5.74) is 0. The molecule has 1 atom stereocenters. The Morgan fingerprint density at radius 3 is 2.37 bits per heavy atom. The van der Waals surface area contributed by atoms with Crippen molar-refractivity contribution in [2.45, 2.75) is 32.7 Å². The van der Waals surface area contributed by atoms with Crippen molar-refractivity contribution in [3.63, 3.8) is 0 Å². The Morgan fingerprint density at radius 1 is 1.32 bits per heavy atom. The van der Waals surface area contributed by atoms with Gasteiger partial charge >= 0.3 is 12.0 Å². The van der Waals surface area contributed by atoms with E-state index in [1.54, 1.807) is 4.90 Å². The molecule has 0 aromatic rings. The molecule has 0 spiro atoms. The number of urea groups is 1. The van der Waals surface area contributed by atoms with E-state index in [4.69, 9.17) is 5.11 Å². The highest BCUT2D eigenvalue weighted by Crippen LogP contribution is 2.16. The van der Waals surface area contributed by atoms with Crippen LogP contribution in [0.25, 0.3) is 0 Å². The summed E-state index contributed by atoms with van der Waals surface area (Å²) in [5, 5.41) is 13.9. The Hall–Kier alpha value is -1.79. The Labute approximate surface area is 112 Å². The fourth-order valence-corrected chi connectivity index (χ4v) is 1.97. The summed E-state index contributed by atoms with van der Waals surface area (Å²) in [6.45, 7) is 4.72. The van der Waals surface area contributed by atoms with Gasteiger partial charge in [0.05, 0.1) is 0 Å². The molecule has 1 aliphatic heterocycles. The van der Waals surface area contributed by atoms with Gasteiger partial charge in [-0.2, -0.15) is 0 Å². The second kappa shape index (κ2) is 6.96. The van der Waals surface area contributed by atoms with Gasteiger partial charge in [-0.3, -0.25) is 9.59 Å². The highest BCUT2D eigenvalue weighted by atomic mass is 16.4. The lowest BCUT2D eigenvalue weighted by Crippen LogP contribution is -2.49. The van der Waals surface area contributed by atoms with Crippen molar-refractivity contribution in [2.24, 2.45) is 5.92 Å². The van der Waals surface area contributed by atoms with Crippen molar-refractivity contribution in [1.82, 2.24) is 15.5 Å². The van der Waals surface area contributed by atoms with Crippen LogP contribution in [0.1, 0.15) is 26.7 Å². The molecule has 1 unspecified atom stereocenters. The number of carboxylic acid groups (broad SMARTS) is 1. The SMILES string of the molecule is CC(=O)NCC1CCN(C(=O)NC(C)C(=O)O)CC1. The zero-order valence-electron chi connectivity index (χ0n) is 11.3. The number of carboxylic acids is 1. The lowest BCUT2D eigenvalue weighted by molar-refractivity contribution is -0.138. The van der Waals surface area contributed by atoms with E-state index in [1.165, 1.54) is 13.8 Å². The van der Waals surface area contributed by atoms with Crippen molar-refractivity contribution < 1.29 is 19.5 Å². The van der Waals surface area contributed by atoms with Crippen molar-refractivity contribution in [3.05, 3.63) is 0 Å². The first-order chi connectivity index (χ1) is 8.90. The molecule has 1 rings (SSSR count). The summed E-state index contributed by atoms with van der Waals surface area (Å²) in [7, 11) is 0. The Kier molecular flexibility index (Phi) is 5.59. The molecule has 1 aliphatic rings. The van der Waals surface area contributed by atoms with E-state index >= 15 is 0 Å². The lowest BCUT2D eigenvalue weighted by Gasteiger charge is -2.32. The van der Waals surface area contributed by atoms with E-state index in [2.05, 4.69) is 10.6 Å². The van der Waals surface area contributed by atoms with Crippen LogP contribution in [-0.4, -0.2) is 53.6 Å². The minimum absolute atomic E-state index is 0.0459. The number of hydrogen-bond donors (Lipinski definition) is 3. The molecule has 0 saturated carbocycles. The smallest absolute Gasteiger partial charge is 0.325 e. The molecular formula is C12H21N3O4. The maximum absolute atomic E-state index is 11.8. The first-order valence-corrected chi connectivity index (χ1v) is 6.43. The summed E-state index contributed by atoms with van der Waals surface area (Å²) < 4.78 is 0. The number of nitrogens with zero attached hydrogens (tertiary/aromatic N) is 1. The van der Waals surface area contributed by atoms with Crippen LogP contribution in [0.3, 0.4) is 0 Å². The predicted molar refractivity (Wildman–Crippen MR) is 68.6 cm³/mol. The number of nitrogens with one attached hydrogen (secondary N) is 2. The normalized spacial score (nSPS) is 17.7. The van der Waals surface area contributed by atoms with Gasteiger partial charge in [0.2, 0.25) is 5.91 Å². The zero-order chi connectivity index (χ0) is 14.4. The second-order valence-corrected chi connectivity index (χ2v) is 4.88. The van der Waals surface area contributed by atoms with Crippen LogP contribution in [0.2, 0.25) is 0 Å². The van der Waals surface area contributed by atoms with Gasteiger partial charge in [0.1, 0.15) is 6.04 Å². The number of aliphatic carboxylic acids is 1. The highest BCUT2D eigenvalue weighted by molar-refractivity contribution is 5.82. The van der Waals surface area contributed by atoms with Gasteiger partial charge in [-0.05, 0) is 25.7 Å². The van der Waals surface area contributed by atoms with Crippen LogP contribution in [0, 0.1) is 5.92 Å². The van der Waals surface area contributed by atoms with Crippen LogP contribution in [0.4, 0.5) is 4.79 Å². The average molecular weight is 271 g/mol. The topological polar surface area (TPSA) is 98.7 Å². The fraction of sp³-hybridized carbons (Fsp3) is 0.750. The maximum atomic E-state index is 11.8. The lowest BCUT2D eigenvalue weighted by atomic mass is 9.97. The van der Waals surface area contributed by atoms with Gasteiger partial charge in [0.25, 0.3) is 0 Å². The summed E-state index contributed by atoms with van der Waals surface area (Å²) in [5.74, 6) is -0.714. The summed E-state index contributed by atoms with van der Waals surface area (Å²) in [6, 6.07) is -1.22. The predicted octanol–water partition coefficient (Wildman–Crippen LogP) is 0.0172. The van der Waals surface area contributed by atoms with E-state index < -0.39 is 12.0 Å². The molecule has 0 bridgehead atoms. The summed E-state index contributed by atoms with van der Waals surface area (Å²) >= 11 is 0. The molecule has 7 heteroatoms. The number of rotatable bonds is 4. The number of piperidine rings is 1. The highest BCUT2D eigenvalue weighted by Gasteiger charge is 2.24. The number of carbonyl (C=O) groups excluding carboxylic acids is 2. The van der Waals surface area contributed by atoms with Gasteiger partial charge in [0.15, 0.2) is 0 Å². The van der Waals surface area contributed by atoms with E-state index in [0.717, 1.165) is 12.8 Å². The molecule has 3 N–H and O–H groups in total. The molecule has 3 amide bonds. The number of carbonyl (C=O) groups is 3. The van der Waals surface area contributed by atoms with Crippen LogP contribution in [0.5, 0.6) is 0 Å². The second-order valence-electron chi connectivity index (χ2n) is 4.88. The molecule has 108 valence electrons. The van der Waals surface area contributed by atoms with E-state index in [0.29, 0.717) is 25.6 Å². The third-order valence-corrected chi connectivity index (χ3v) is 3.25. The fourth-order valence-electron chi connectivity index (χ4n) is 1.97. The van der Waals surface area contributed by atoms with Crippen molar-refractivity contribution in [1.29, 1.82) is 0 Å². The van der Waals surface area contributed by atoms with Gasteiger partial charge < -0.3 is 20.6 Å². The van der Waals surface area contributed by atoms with Crippen LogP contribution in [-0.2, 0) is 9.59 Å². The van der Waals surface area contributed by atoms with Crippen LogP contribution >= 0.6 is 0 Å². The molecule has 0 radical (unpaired) electrons. The molecule has 19 heavy (non-hydrogen) atoms. The van der Waals surface area contributed by atoms with E-state index in [-0.39, 0.29) is 11.9 Å². The standard InChI is InChI=1S/C12H21N3O4/c1-8(11(17)18)14-12(19)15-5-3-10(4-6-15)7-13-9(2)16/h8,10H,3-7H2,1-2H3,(H,13,16)(H,14,19)(H,17,18). The first-order valence-electron chi connectivity index (χ1n) is 6.43. The first kappa shape index (κ1) is 15.3. The third-order valence-electron chi connectivity index (χ3n) is 3.25. The maximum Gasteiger partial charge on any atom is 0.325 e. The largest absolute Gasteiger partial charge is 0.480 e. The Morgan fingerprint density at radius 2 is 1.89 bits per heavy atom. The van der Waals surface area contributed by atoms with Gasteiger partial charge in [0, 0.05) is 26.6 Å². The molecule has 1 saturated heterocycles. The molecular weight excluding hydrogens is 250 g/mol. The van der Waals surface area contributed by atoms with Crippen LogP contribution < -0.4 is 10.6 Å². The third kappa shape index (κ3) is 5.15.